The van der Waals surface area contributed by atoms with Crippen molar-refractivity contribution in [2.75, 3.05) is 0 Å². The van der Waals surface area contributed by atoms with Crippen LogP contribution in [0.4, 0.5) is 0 Å². The molecule has 0 unspecified atom stereocenters. The molecule has 0 radical (unpaired) electrons. The average molecular weight is 232 g/mol. The molecule has 0 aromatic heterocycles. The van der Waals surface area contributed by atoms with Crippen LogP contribution in [0.3, 0.4) is 0 Å². The summed E-state index contributed by atoms with van der Waals surface area (Å²) in [7, 11) is -5.61. The minimum Gasteiger partial charge on any atom is -0.894 e. The van der Waals surface area contributed by atoms with Crippen LogP contribution >= 0.6 is 0 Å². The first-order valence-electron chi connectivity index (χ1n) is 0.816. The van der Waals surface area contributed by atoms with Gasteiger partial charge in [0.2, 0.25) is 0 Å². The van der Waals surface area contributed by atoms with Gasteiger partial charge in [0.1, 0.15) is 0 Å². The number of rotatable bonds is 0. The van der Waals surface area contributed by atoms with Gasteiger partial charge in [0.15, 0.2) is 0 Å². The summed E-state index contributed by atoms with van der Waals surface area (Å²) in [5, 5.41) is 0. The monoisotopic (exact) mass is 232 g/mol. The van der Waals surface area contributed by atoms with E-state index in [9.17, 15) is 0 Å². The molecule has 32 valence electrons. The Bertz CT molecular complexity index is 23.0. The van der Waals surface area contributed by atoms with Crippen LogP contribution < -0.4 is 19.2 Å². The van der Waals surface area contributed by atoms with Gasteiger partial charge in [0.25, 0.3) is 0 Å². The summed E-state index contributed by atoms with van der Waals surface area (Å²) in [5.74, 6) is 0. The molecule has 0 saturated carbocycles. The third-order valence-electron chi connectivity index (χ3n) is 0. The van der Waals surface area contributed by atoms with Crippen molar-refractivity contribution >= 4 is 9.05 Å². The Morgan fingerprint density at radius 2 is 0.833 bits per heavy atom. The largest absolute Gasteiger partial charge is 4.00 e. The van der Waals surface area contributed by atoms with Gasteiger partial charge in [-0.15, -0.1) is 0 Å². The number of hydrogen-bond acceptors (Lipinski definition) is 4. The third-order valence-corrected chi connectivity index (χ3v) is 0. The molecular weight excluding hydrogens is 232 g/mol. The van der Waals surface area contributed by atoms with Crippen LogP contribution in [0.25, 0.3) is 0 Å². The van der Waals surface area contributed by atoms with Gasteiger partial charge in [-0.1, -0.05) is 0 Å². The summed E-state index contributed by atoms with van der Waals surface area (Å²) in [6.07, 6.45) is 0. The molecule has 0 spiro atoms. The van der Waals surface area contributed by atoms with Gasteiger partial charge < -0.3 is 28.2 Å². The van der Waals surface area contributed by atoms with Gasteiger partial charge in [0, 0.05) is 0 Å². The fraction of sp³-hybridized carbons (Fsp3) is 0. The van der Waals surface area contributed by atoms with Crippen molar-refractivity contribution in [3.63, 3.8) is 0 Å². The molecule has 4 nitrogen and oxygen atoms in total. The Labute approximate surface area is 69.3 Å². The Morgan fingerprint density at radius 3 is 0.833 bits per heavy atom. The minimum atomic E-state index is -5.61. The van der Waals surface area contributed by atoms with Gasteiger partial charge >= 0.3 is 41.7 Å². The van der Waals surface area contributed by atoms with Crippen LogP contribution in [0.5, 0.6) is 0 Å². The average Bonchev–Trinajstić information content (AvgIpc) is 0.722. The molecule has 0 atom stereocenters. The molecule has 0 rings (SSSR count). The predicted octanol–water partition coefficient (Wildman–Crippen LogP) is -5.14. The van der Waals surface area contributed by atoms with Crippen LogP contribution in [0, 0.1) is 41.7 Å². The molecule has 0 N–H and O–H groups in total. The second-order valence-corrected chi connectivity index (χ2v) is 1.50. The molecule has 0 aliphatic rings. The molecule has 0 aromatic rings. The van der Waals surface area contributed by atoms with Crippen LogP contribution in [0.15, 0.2) is 0 Å². The van der Waals surface area contributed by atoms with E-state index < -0.39 is 9.05 Å². The van der Waals surface area contributed by atoms with E-state index in [1.54, 1.807) is 0 Å². The van der Waals surface area contributed by atoms with Crippen molar-refractivity contribution < 1.29 is 60.9 Å². The van der Waals surface area contributed by atoms with Gasteiger partial charge in [-0.05, 0) is 0 Å². The maximum atomic E-state index is 8.58. The van der Waals surface area contributed by atoms with Crippen molar-refractivity contribution in [1.82, 2.24) is 0 Å². The summed E-state index contributed by atoms with van der Waals surface area (Å²) in [6, 6.07) is 0. The third kappa shape index (κ3) is 52.0. The van der Waals surface area contributed by atoms with Crippen LogP contribution in [0.1, 0.15) is 0 Å². The van der Waals surface area contributed by atoms with Crippen molar-refractivity contribution in [3.8, 4) is 0 Å². The first-order chi connectivity index (χ1) is 2.00. The summed E-state index contributed by atoms with van der Waals surface area (Å²) in [5.41, 5.74) is 0. The zero-order valence-electron chi connectivity index (χ0n) is 2.63. The smallest absolute Gasteiger partial charge is 0.894 e. The van der Waals surface area contributed by atoms with Gasteiger partial charge in [-0.25, -0.2) is 0 Å². The Kier molecular flexibility index (Phi) is 5.97. The molecule has 0 saturated heterocycles. The van der Waals surface area contributed by atoms with Gasteiger partial charge in [-0.2, -0.15) is 0 Å². The van der Waals surface area contributed by atoms with Crippen LogP contribution in [-0.4, -0.2) is 9.05 Å². The summed E-state index contributed by atoms with van der Waals surface area (Å²) >= 11 is 0. The second-order valence-electron chi connectivity index (χ2n) is 0.500. The molecule has 0 heterocycles. The first-order valence-corrected chi connectivity index (χ1v) is 2.45. The van der Waals surface area contributed by atoms with E-state index in [0.717, 1.165) is 0 Å². The van der Waals surface area contributed by atoms with Gasteiger partial charge in [0.05, 0.1) is 0 Å². The molecule has 0 aliphatic carbocycles. The molecule has 0 aromatic carbocycles. The predicted molar refractivity (Wildman–Crippen MR) is 5.75 cm³/mol. The molecule has 0 fully saturated rings. The zero-order valence-corrected chi connectivity index (χ0v) is 6.77. The number of hydrogen-bond donors (Lipinski definition) is 0. The molecule has 6 heavy (non-hydrogen) atoms. The van der Waals surface area contributed by atoms with E-state index in [1.165, 1.54) is 0 Å². The van der Waals surface area contributed by atoms with Crippen molar-refractivity contribution in [3.05, 3.63) is 0 Å². The maximum Gasteiger partial charge on any atom is 4.00 e. The summed E-state index contributed by atoms with van der Waals surface area (Å²) < 4.78 is 0. The van der Waals surface area contributed by atoms with E-state index >= 15 is 0 Å². The van der Waals surface area contributed by atoms with Crippen LogP contribution in [-0.2, 0) is 0 Å². The molecule has 0 amide bonds. The molecule has 0 aliphatic heterocycles. The van der Waals surface area contributed by atoms with E-state index in [0.29, 0.717) is 0 Å². The fourth-order valence-electron chi connectivity index (χ4n) is 0. The van der Waals surface area contributed by atoms with E-state index in [-0.39, 0.29) is 41.7 Å². The van der Waals surface area contributed by atoms with Crippen molar-refractivity contribution in [1.29, 1.82) is 0 Å². The van der Waals surface area contributed by atoms with E-state index in [1.807, 2.05) is 0 Å². The SMILES string of the molecule is [Ce+4].[O-][Si]([O-])([O-])[O-]. The second kappa shape index (κ2) is 3.44. The maximum absolute atomic E-state index is 8.58. The quantitative estimate of drug-likeness (QED) is 0.390. The zero-order chi connectivity index (χ0) is 4.50. The van der Waals surface area contributed by atoms with Crippen LogP contribution in [0.2, 0.25) is 0 Å². The Balaban J connectivity index is 0. The fourth-order valence-corrected chi connectivity index (χ4v) is 0. The molecule has 6 heteroatoms. The minimum absolute atomic E-state index is 0. The van der Waals surface area contributed by atoms with Gasteiger partial charge in [-0.3, -0.25) is 0 Å². The summed E-state index contributed by atoms with van der Waals surface area (Å²) in [4.78, 5) is 34.3. The Morgan fingerprint density at radius 1 is 0.833 bits per heavy atom. The van der Waals surface area contributed by atoms with E-state index in [2.05, 4.69) is 0 Å². The van der Waals surface area contributed by atoms with E-state index in [4.69, 9.17) is 19.2 Å². The molecular formula is CeO4Si. The standard InChI is InChI=1S/Ce.O4Si/c;1-5(2,3)4/q+4;-4. The first kappa shape index (κ1) is 10.4. The topological polar surface area (TPSA) is 92.2 Å². The van der Waals surface area contributed by atoms with Crippen molar-refractivity contribution in [2.24, 2.45) is 0 Å². The molecule has 0 bridgehead atoms. The normalized spacial score (nSPS) is 10.0. The summed E-state index contributed by atoms with van der Waals surface area (Å²) in [6.45, 7) is 0. The van der Waals surface area contributed by atoms with Crippen molar-refractivity contribution in [2.45, 2.75) is 0 Å². The Hall–Kier alpha value is 1.43.